The second-order valence-electron chi connectivity index (χ2n) is 7.21. The first-order valence-electron chi connectivity index (χ1n) is 9.93. The lowest BCUT2D eigenvalue weighted by Gasteiger charge is -2.15. The third-order valence-corrected chi connectivity index (χ3v) is 5.13. The molecule has 0 saturated heterocycles. The minimum atomic E-state index is -0.520. The first-order valence-corrected chi connectivity index (χ1v) is 9.93. The highest BCUT2D eigenvalue weighted by atomic mass is 16.5. The Morgan fingerprint density at radius 2 is 1.90 bits per heavy atom. The minimum Gasteiger partial charge on any atom is -0.456 e. The van der Waals surface area contributed by atoms with Gasteiger partial charge in [0.15, 0.2) is 6.61 Å². The maximum absolute atomic E-state index is 12.1. The van der Waals surface area contributed by atoms with Crippen LogP contribution in [0.1, 0.15) is 59.8 Å². The highest BCUT2D eigenvalue weighted by Crippen LogP contribution is 2.16. The number of benzene rings is 1. The number of carbonyl (C=O) groups is 2. The summed E-state index contributed by atoms with van der Waals surface area (Å²) in [5.74, 6) is -0.896. The molecule has 1 amide bonds. The summed E-state index contributed by atoms with van der Waals surface area (Å²) in [5, 5.41) is 11.9. The predicted octanol–water partition coefficient (Wildman–Crippen LogP) is 2.78. The number of aryl methyl sites for hydroxylation is 2. The molecule has 0 aliphatic rings. The highest BCUT2D eigenvalue weighted by Gasteiger charge is 2.15. The van der Waals surface area contributed by atoms with Crippen LogP contribution in [0.2, 0.25) is 0 Å². The van der Waals surface area contributed by atoms with E-state index in [2.05, 4.69) is 17.2 Å². The largest absolute Gasteiger partial charge is 0.456 e. The van der Waals surface area contributed by atoms with Crippen LogP contribution in [0.15, 0.2) is 29.1 Å². The van der Waals surface area contributed by atoms with Crippen molar-refractivity contribution in [3.05, 3.63) is 68.1 Å². The fourth-order valence-corrected chi connectivity index (χ4v) is 3.27. The number of pyridine rings is 1. The SMILES string of the molecule is CCc1ccc([C@H](C)NC(=O)COC(=O)CCc2c(C)[nH]c(=O)c(C#N)c2C)cc1. The minimum absolute atomic E-state index is 0.0416. The van der Waals surface area contributed by atoms with Crippen molar-refractivity contribution in [2.75, 3.05) is 6.61 Å². The van der Waals surface area contributed by atoms with Crippen molar-refractivity contribution in [1.29, 1.82) is 5.26 Å². The van der Waals surface area contributed by atoms with Gasteiger partial charge in [-0.05, 0) is 55.9 Å². The normalized spacial score (nSPS) is 11.4. The molecule has 0 aliphatic carbocycles. The van der Waals surface area contributed by atoms with Gasteiger partial charge in [0.25, 0.3) is 11.5 Å². The van der Waals surface area contributed by atoms with Gasteiger partial charge in [-0.25, -0.2) is 0 Å². The van der Waals surface area contributed by atoms with Gasteiger partial charge in [0.05, 0.1) is 6.04 Å². The fourth-order valence-electron chi connectivity index (χ4n) is 3.27. The number of aromatic nitrogens is 1. The van der Waals surface area contributed by atoms with Crippen LogP contribution in [0, 0.1) is 25.2 Å². The van der Waals surface area contributed by atoms with Crippen LogP contribution in [0.25, 0.3) is 0 Å². The van der Waals surface area contributed by atoms with Crippen molar-refractivity contribution in [2.45, 2.75) is 53.0 Å². The Hall–Kier alpha value is -3.40. The summed E-state index contributed by atoms with van der Waals surface area (Å²) in [6.07, 6.45) is 1.30. The summed E-state index contributed by atoms with van der Waals surface area (Å²) in [7, 11) is 0. The Morgan fingerprint density at radius 1 is 1.23 bits per heavy atom. The number of carbonyl (C=O) groups excluding carboxylic acids is 2. The van der Waals surface area contributed by atoms with Crippen molar-refractivity contribution in [3.63, 3.8) is 0 Å². The molecule has 158 valence electrons. The molecule has 1 heterocycles. The van der Waals surface area contributed by atoms with Gasteiger partial charge < -0.3 is 15.0 Å². The summed E-state index contributed by atoms with van der Waals surface area (Å²) in [4.78, 5) is 38.5. The smallest absolute Gasteiger partial charge is 0.306 e. The van der Waals surface area contributed by atoms with Crippen LogP contribution in [-0.4, -0.2) is 23.5 Å². The predicted molar refractivity (Wildman–Crippen MR) is 113 cm³/mol. The number of amides is 1. The van der Waals surface area contributed by atoms with Gasteiger partial charge in [0.2, 0.25) is 0 Å². The molecular formula is C23H27N3O4. The van der Waals surface area contributed by atoms with Crippen LogP contribution < -0.4 is 10.9 Å². The number of hydrogen-bond donors (Lipinski definition) is 2. The molecule has 1 atom stereocenters. The molecule has 0 radical (unpaired) electrons. The number of nitrogens with one attached hydrogen (secondary N) is 2. The standard InChI is InChI=1S/C23H27N3O4/c1-5-17-6-8-18(9-7-17)15(3)25-21(27)13-30-22(28)11-10-19-14(2)20(12-24)23(29)26-16(19)4/h6-9,15H,5,10-11,13H2,1-4H3,(H,25,27)(H,26,29)/t15-/m0/s1. The third-order valence-electron chi connectivity index (χ3n) is 5.13. The molecule has 1 aromatic heterocycles. The van der Waals surface area contributed by atoms with E-state index >= 15 is 0 Å². The summed E-state index contributed by atoms with van der Waals surface area (Å²) in [5.41, 5.74) is 3.72. The van der Waals surface area contributed by atoms with E-state index in [4.69, 9.17) is 10.00 Å². The summed E-state index contributed by atoms with van der Waals surface area (Å²) in [6, 6.07) is 9.68. The van der Waals surface area contributed by atoms with E-state index in [1.54, 1.807) is 13.8 Å². The number of rotatable bonds is 8. The van der Waals surface area contributed by atoms with E-state index in [-0.39, 0.29) is 30.5 Å². The monoisotopic (exact) mass is 409 g/mol. The van der Waals surface area contributed by atoms with Crippen LogP contribution in [-0.2, 0) is 27.2 Å². The molecule has 0 saturated carbocycles. The molecule has 0 unspecified atom stereocenters. The zero-order chi connectivity index (χ0) is 22.3. The number of esters is 1. The summed E-state index contributed by atoms with van der Waals surface area (Å²) >= 11 is 0. The van der Waals surface area contributed by atoms with Crippen molar-refractivity contribution in [2.24, 2.45) is 0 Å². The topological polar surface area (TPSA) is 112 Å². The molecule has 7 nitrogen and oxygen atoms in total. The second-order valence-corrected chi connectivity index (χ2v) is 7.21. The zero-order valence-corrected chi connectivity index (χ0v) is 17.8. The Kier molecular flexibility index (Phi) is 7.93. The number of hydrogen-bond acceptors (Lipinski definition) is 5. The molecule has 2 N–H and O–H groups in total. The molecule has 0 aliphatic heterocycles. The zero-order valence-electron chi connectivity index (χ0n) is 17.8. The van der Waals surface area contributed by atoms with E-state index in [9.17, 15) is 14.4 Å². The molecule has 2 rings (SSSR count). The lowest BCUT2D eigenvalue weighted by atomic mass is 9.99. The average molecular weight is 409 g/mol. The van der Waals surface area contributed by atoms with Crippen LogP contribution in [0.3, 0.4) is 0 Å². The van der Waals surface area contributed by atoms with E-state index in [0.29, 0.717) is 17.7 Å². The number of ether oxygens (including phenoxy) is 1. The van der Waals surface area contributed by atoms with Crippen LogP contribution in [0.4, 0.5) is 0 Å². The molecule has 0 bridgehead atoms. The molecule has 30 heavy (non-hydrogen) atoms. The molecule has 7 heteroatoms. The molecular weight excluding hydrogens is 382 g/mol. The number of nitriles is 1. The van der Waals surface area contributed by atoms with E-state index < -0.39 is 11.5 Å². The van der Waals surface area contributed by atoms with Gasteiger partial charge in [-0.1, -0.05) is 31.2 Å². The number of aromatic amines is 1. The highest BCUT2D eigenvalue weighted by molar-refractivity contribution is 5.80. The van der Waals surface area contributed by atoms with Gasteiger partial charge >= 0.3 is 5.97 Å². The number of H-pyrrole nitrogens is 1. The van der Waals surface area contributed by atoms with Gasteiger partial charge in [-0.15, -0.1) is 0 Å². The lowest BCUT2D eigenvalue weighted by Crippen LogP contribution is -2.31. The van der Waals surface area contributed by atoms with E-state index in [0.717, 1.165) is 17.5 Å². The Balaban J connectivity index is 1.85. The van der Waals surface area contributed by atoms with Crippen molar-refractivity contribution in [1.82, 2.24) is 10.3 Å². The van der Waals surface area contributed by atoms with E-state index in [1.165, 1.54) is 5.56 Å². The maximum atomic E-state index is 12.1. The van der Waals surface area contributed by atoms with Crippen molar-refractivity contribution >= 4 is 11.9 Å². The van der Waals surface area contributed by atoms with Gasteiger partial charge in [-0.3, -0.25) is 14.4 Å². The van der Waals surface area contributed by atoms with Gasteiger partial charge in [0, 0.05) is 12.1 Å². The summed E-state index contributed by atoms with van der Waals surface area (Å²) in [6.45, 7) is 7.00. The molecule has 0 spiro atoms. The fraction of sp³-hybridized carbons (Fsp3) is 0.391. The van der Waals surface area contributed by atoms with Gasteiger partial charge in [0.1, 0.15) is 11.6 Å². The average Bonchev–Trinajstić information content (AvgIpc) is 2.72. The second kappa shape index (κ2) is 10.4. The quantitative estimate of drug-likeness (QED) is 0.651. The summed E-state index contributed by atoms with van der Waals surface area (Å²) < 4.78 is 5.07. The first-order chi connectivity index (χ1) is 14.3. The number of nitrogens with zero attached hydrogens (tertiary/aromatic N) is 1. The molecule has 1 aromatic carbocycles. The molecule has 0 fully saturated rings. The molecule has 2 aromatic rings. The Bertz CT molecular complexity index is 1020. The van der Waals surface area contributed by atoms with Crippen LogP contribution >= 0.6 is 0 Å². The van der Waals surface area contributed by atoms with Gasteiger partial charge in [-0.2, -0.15) is 5.26 Å². The van der Waals surface area contributed by atoms with E-state index in [1.807, 2.05) is 37.3 Å². The van der Waals surface area contributed by atoms with Crippen molar-refractivity contribution < 1.29 is 14.3 Å². The Morgan fingerprint density at radius 3 is 2.50 bits per heavy atom. The van der Waals surface area contributed by atoms with Crippen LogP contribution in [0.5, 0.6) is 0 Å². The lowest BCUT2D eigenvalue weighted by molar-refractivity contribution is -0.148. The first kappa shape index (κ1) is 22.9. The van der Waals surface area contributed by atoms with Crippen molar-refractivity contribution in [3.8, 4) is 6.07 Å². The third kappa shape index (κ3) is 5.80. The Labute approximate surface area is 176 Å². The maximum Gasteiger partial charge on any atom is 0.306 e.